The Morgan fingerprint density at radius 3 is 2.95 bits per heavy atom. The first-order valence-corrected chi connectivity index (χ1v) is 7.82. The number of alkyl halides is 1. The number of halogens is 2. The van der Waals surface area contributed by atoms with Crippen molar-refractivity contribution in [2.45, 2.75) is 24.0 Å². The average Bonchev–Trinajstić information content (AvgIpc) is 2.97. The van der Waals surface area contributed by atoms with Crippen LogP contribution in [0.1, 0.15) is 6.23 Å². The molecule has 0 spiro atoms. The van der Waals surface area contributed by atoms with Crippen LogP contribution >= 0.6 is 22.6 Å². The minimum absolute atomic E-state index is 0.0119. The number of hydrogen-bond donors (Lipinski definition) is 3. The second-order valence-corrected chi connectivity index (χ2v) is 5.82. The number of ether oxygens (including phenoxy) is 1. The van der Waals surface area contributed by atoms with Crippen LogP contribution in [0.3, 0.4) is 0 Å². The molecule has 3 heterocycles. The number of hydrogen-bond acceptors (Lipinski definition) is 6. The molecule has 1 fully saturated rings. The fraction of sp³-hybridized carbons (Fsp3) is 0.385. The molecule has 4 atom stereocenters. The number of aromatic nitrogens is 3. The maximum absolute atomic E-state index is 14.1. The van der Waals surface area contributed by atoms with E-state index >= 15 is 0 Å². The Morgan fingerprint density at radius 2 is 2.32 bits per heavy atom. The molecule has 0 aliphatic carbocycles. The van der Waals surface area contributed by atoms with Crippen LogP contribution in [0.4, 0.5) is 10.2 Å². The van der Waals surface area contributed by atoms with Gasteiger partial charge in [-0.05, 0) is 0 Å². The molecule has 2 aromatic heterocycles. The molecule has 3 rings (SSSR count). The summed E-state index contributed by atoms with van der Waals surface area (Å²) in [6, 6.07) is 0. The number of nitrogen functional groups attached to an aromatic ring is 1. The number of nitrogens with two attached hydrogens (primary N) is 1. The van der Waals surface area contributed by atoms with E-state index in [0.29, 0.717) is 4.43 Å². The van der Waals surface area contributed by atoms with Crippen LogP contribution in [-0.2, 0) is 4.74 Å². The van der Waals surface area contributed by atoms with Crippen molar-refractivity contribution >= 4 is 39.4 Å². The molecule has 1 saturated heterocycles. The smallest absolute Gasteiger partial charge is 0.199 e. The minimum Gasteiger partial charge on any atom is -0.386 e. The Morgan fingerprint density at radius 1 is 1.59 bits per heavy atom. The zero-order valence-corrected chi connectivity index (χ0v) is 13.3. The number of rotatable bonds is 2. The molecule has 116 valence electrons. The van der Waals surface area contributed by atoms with Crippen molar-refractivity contribution in [2.24, 2.45) is 0 Å². The Bertz CT molecular complexity index is 776. The summed E-state index contributed by atoms with van der Waals surface area (Å²) in [4.78, 5) is 7.70. The average molecular weight is 418 g/mol. The fourth-order valence-electron chi connectivity index (χ4n) is 2.57. The lowest BCUT2D eigenvalue weighted by Gasteiger charge is -2.26. The highest BCUT2D eigenvalue weighted by molar-refractivity contribution is 14.1. The molecule has 0 bridgehead atoms. The molecule has 0 radical (unpaired) electrons. The van der Waals surface area contributed by atoms with Crippen LogP contribution in [0.15, 0.2) is 12.5 Å². The molecule has 1 aliphatic heterocycles. The molecule has 2 aromatic rings. The Hall–Kier alpha value is -1.48. The van der Waals surface area contributed by atoms with Crippen LogP contribution in [0, 0.1) is 18.2 Å². The predicted molar refractivity (Wildman–Crippen MR) is 84.5 cm³/mol. The second-order valence-electron chi connectivity index (χ2n) is 4.94. The van der Waals surface area contributed by atoms with Crippen molar-refractivity contribution in [1.82, 2.24) is 14.5 Å². The largest absolute Gasteiger partial charge is 0.386 e. The topological polar surface area (TPSA) is 106 Å². The van der Waals surface area contributed by atoms with Gasteiger partial charge in [0, 0.05) is 10.6 Å². The van der Waals surface area contributed by atoms with E-state index in [9.17, 15) is 14.6 Å². The van der Waals surface area contributed by atoms with Gasteiger partial charge in [0.05, 0.1) is 11.5 Å². The lowest BCUT2D eigenvalue weighted by atomic mass is 9.95. The highest BCUT2D eigenvalue weighted by Gasteiger charge is 2.55. The number of nitrogens with zero attached hydrogens (tertiary/aromatic N) is 3. The number of terminal acetylenes is 1. The SMILES string of the molecule is C#C[C@@]1(O)[C@H](O)[C@@H](CI)O[C@H]1n1cc(F)c2c(N)ncnc21. The third-order valence-corrected chi connectivity index (χ3v) is 4.58. The summed E-state index contributed by atoms with van der Waals surface area (Å²) in [5.41, 5.74) is 3.77. The van der Waals surface area contributed by atoms with E-state index in [1.54, 1.807) is 0 Å². The molecular formula is C13H12FIN4O3. The Balaban J connectivity index is 2.20. The number of aliphatic hydroxyl groups is 2. The van der Waals surface area contributed by atoms with Crippen LogP contribution in [-0.4, -0.2) is 47.0 Å². The molecule has 7 nitrogen and oxygen atoms in total. The van der Waals surface area contributed by atoms with Crippen molar-refractivity contribution in [3.05, 3.63) is 18.3 Å². The Labute approximate surface area is 138 Å². The lowest BCUT2D eigenvalue weighted by Crippen LogP contribution is -2.45. The summed E-state index contributed by atoms with van der Waals surface area (Å²) in [6.07, 6.45) is 4.44. The van der Waals surface area contributed by atoms with Gasteiger partial charge in [-0.15, -0.1) is 6.42 Å². The minimum atomic E-state index is -2.01. The molecule has 0 saturated carbocycles. The summed E-state index contributed by atoms with van der Waals surface area (Å²) in [7, 11) is 0. The van der Waals surface area contributed by atoms with Gasteiger partial charge in [-0.3, -0.25) is 4.57 Å². The highest BCUT2D eigenvalue weighted by atomic mass is 127. The van der Waals surface area contributed by atoms with Crippen molar-refractivity contribution in [2.75, 3.05) is 10.2 Å². The third kappa shape index (κ3) is 1.98. The molecule has 22 heavy (non-hydrogen) atoms. The van der Waals surface area contributed by atoms with Crippen LogP contribution in [0.25, 0.3) is 11.0 Å². The van der Waals surface area contributed by atoms with Gasteiger partial charge < -0.3 is 20.7 Å². The van der Waals surface area contributed by atoms with Gasteiger partial charge in [0.25, 0.3) is 0 Å². The van der Waals surface area contributed by atoms with E-state index in [2.05, 4.69) is 15.9 Å². The first kappa shape index (κ1) is 15.4. The molecule has 9 heteroatoms. The van der Waals surface area contributed by atoms with Crippen molar-refractivity contribution in [3.8, 4) is 12.3 Å². The van der Waals surface area contributed by atoms with E-state index in [1.165, 1.54) is 10.9 Å². The van der Waals surface area contributed by atoms with E-state index in [1.807, 2.05) is 22.6 Å². The first-order chi connectivity index (χ1) is 10.4. The predicted octanol–water partition coefficient (Wildman–Crippen LogP) is 0.210. The monoisotopic (exact) mass is 418 g/mol. The maximum atomic E-state index is 14.1. The van der Waals surface area contributed by atoms with Gasteiger partial charge >= 0.3 is 0 Å². The van der Waals surface area contributed by atoms with Gasteiger partial charge in [0.15, 0.2) is 23.3 Å². The quantitative estimate of drug-likeness (QED) is 0.366. The summed E-state index contributed by atoms with van der Waals surface area (Å²) < 4.78 is 21.4. The van der Waals surface area contributed by atoms with Gasteiger partial charge in [0.2, 0.25) is 0 Å². The Kier molecular flexibility index (Phi) is 3.72. The molecule has 0 aromatic carbocycles. The fourth-order valence-corrected chi connectivity index (χ4v) is 3.26. The van der Waals surface area contributed by atoms with Crippen LogP contribution in [0.5, 0.6) is 0 Å². The molecule has 0 unspecified atom stereocenters. The van der Waals surface area contributed by atoms with Gasteiger partial charge in [0.1, 0.15) is 18.2 Å². The zero-order valence-electron chi connectivity index (χ0n) is 11.1. The molecule has 0 amide bonds. The van der Waals surface area contributed by atoms with E-state index in [-0.39, 0.29) is 16.9 Å². The molecule has 1 aliphatic rings. The number of fused-ring (bicyclic) bond motifs is 1. The van der Waals surface area contributed by atoms with Crippen LogP contribution < -0.4 is 5.73 Å². The van der Waals surface area contributed by atoms with Crippen molar-refractivity contribution in [1.29, 1.82) is 0 Å². The summed E-state index contributed by atoms with van der Waals surface area (Å²) >= 11 is 2.00. The lowest BCUT2D eigenvalue weighted by molar-refractivity contribution is -0.0668. The number of anilines is 1. The second kappa shape index (κ2) is 5.31. The standard InChI is InChI=1S/C13H12FIN4O3/c1-2-13(21)9(20)7(3-15)22-12(13)19-4-6(14)8-10(16)17-5-18-11(8)19/h1,4-5,7,9,12,20-21H,3H2,(H2,16,17,18)/t7-,9-,12-,13-/m1/s1. The van der Waals surface area contributed by atoms with E-state index in [4.69, 9.17) is 16.9 Å². The first-order valence-electron chi connectivity index (χ1n) is 6.30. The normalized spacial score (nSPS) is 31.5. The third-order valence-electron chi connectivity index (χ3n) is 3.71. The summed E-state index contributed by atoms with van der Waals surface area (Å²) in [5, 5.41) is 20.8. The number of aliphatic hydroxyl groups excluding tert-OH is 1. The summed E-state index contributed by atoms with van der Waals surface area (Å²) in [5.74, 6) is 1.45. The van der Waals surface area contributed by atoms with Gasteiger partial charge in [-0.25, -0.2) is 14.4 Å². The molecular weight excluding hydrogens is 406 g/mol. The van der Waals surface area contributed by atoms with Crippen molar-refractivity contribution in [3.63, 3.8) is 0 Å². The van der Waals surface area contributed by atoms with Crippen LogP contribution in [0.2, 0.25) is 0 Å². The maximum Gasteiger partial charge on any atom is 0.199 e. The van der Waals surface area contributed by atoms with E-state index < -0.39 is 29.9 Å². The van der Waals surface area contributed by atoms with Gasteiger partial charge in [-0.1, -0.05) is 28.5 Å². The zero-order chi connectivity index (χ0) is 16.1. The van der Waals surface area contributed by atoms with E-state index in [0.717, 1.165) is 6.20 Å². The van der Waals surface area contributed by atoms with Crippen molar-refractivity contribution < 1.29 is 19.3 Å². The molecule has 4 N–H and O–H groups in total. The van der Waals surface area contributed by atoms with Gasteiger partial charge in [-0.2, -0.15) is 0 Å². The summed E-state index contributed by atoms with van der Waals surface area (Å²) in [6.45, 7) is 0. The highest BCUT2D eigenvalue weighted by Crippen LogP contribution is 2.41.